The number of thioether (sulfide) groups is 1. The van der Waals surface area contributed by atoms with Crippen LogP contribution in [0.2, 0.25) is 0 Å². The standard InChI is InChI=1S/C29H33FN4O2S/c1-18-13-22-7-3-5-9-25(22)33(18)28(35)17-37-29-32-31-27(16-36-26-10-6-4-8-24(26)30)34(29)19(2)23-15-20-11-12-21(23)14-20/h3-10,18-21,23H,11-17H2,1-2H3/t18-,19-,20+,21-,23-/m0/s1. The molecule has 1 aliphatic heterocycles. The van der Waals surface area contributed by atoms with Crippen LogP contribution in [0.1, 0.15) is 57.0 Å². The van der Waals surface area contributed by atoms with Crippen molar-refractivity contribution in [3.05, 3.63) is 65.7 Å². The number of rotatable bonds is 8. The Morgan fingerprint density at radius 2 is 1.95 bits per heavy atom. The highest BCUT2D eigenvalue weighted by Gasteiger charge is 2.43. The Bertz CT molecular complexity index is 1300. The van der Waals surface area contributed by atoms with E-state index < -0.39 is 5.82 Å². The molecule has 194 valence electrons. The first-order chi connectivity index (χ1) is 18.0. The third kappa shape index (κ3) is 4.65. The molecule has 5 atom stereocenters. The van der Waals surface area contributed by atoms with E-state index in [4.69, 9.17) is 4.74 Å². The van der Waals surface area contributed by atoms with E-state index in [2.05, 4.69) is 34.7 Å². The summed E-state index contributed by atoms with van der Waals surface area (Å²) in [5, 5.41) is 9.69. The molecule has 0 radical (unpaired) electrons. The minimum absolute atomic E-state index is 0.0775. The van der Waals surface area contributed by atoms with E-state index in [1.165, 1.54) is 49.1 Å². The van der Waals surface area contributed by atoms with Crippen molar-refractivity contribution in [2.24, 2.45) is 17.8 Å². The average Bonchev–Trinajstić information content (AvgIpc) is 3.68. The van der Waals surface area contributed by atoms with Crippen LogP contribution < -0.4 is 9.64 Å². The maximum Gasteiger partial charge on any atom is 0.237 e. The van der Waals surface area contributed by atoms with E-state index in [1.54, 1.807) is 18.2 Å². The van der Waals surface area contributed by atoms with Gasteiger partial charge in [-0.05, 0) is 81.0 Å². The number of anilines is 1. The SMILES string of the molecule is C[C@H]1Cc2ccccc2N1C(=O)CSc1nnc(COc2ccccc2F)n1[C@@H](C)[C@@H]1C[C@@H]2CC[C@H]1C2. The van der Waals surface area contributed by atoms with E-state index >= 15 is 0 Å². The molecule has 0 saturated heterocycles. The van der Waals surface area contributed by atoms with Crippen LogP contribution in [-0.2, 0) is 17.8 Å². The summed E-state index contributed by atoms with van der Waals surface area (Å²) < 4.78 is 22.2. The van der Waals surface area contributed by atoms with Gasteiger partial charge in [-0.1, -0.05) is 48.5 Å². The molecular weight excluding hydrogens is 487 g/mol. The molecule has 2 aromatic carbocycles. The molecule has 2 fully saturated rings. The summed E-state index contributed by atoms with van der Waals surface area (Å²) in [5.74, 6) is 2.95. The summed E-state index contributed by atoms with van der Waals surface area (Å²) in [6.07, 6.45) is 6.04. The molecular formula is C29H33FN4O2S. The number of hydrogen-bond donors (Lipinski definition) is 0. The Morgan fingerprint density at radius 1 is 1.14 bits per heavy atom. The lowest BCUT2D eigenvalue weighted by atomic mass is 9.84. The number of halogens is 1. The molecule has 0 spiro atoms. The molecule has 6 nitrogen and oxygen atoms in total. The third-order valence-electron chi connectivity index (χ3n) is 8.55. The van der Waals surface area contributed by atoms with Crippen LogP contribution in [0.3, 0.4) is 0 Å². The van der Waals surface area contributed by atoms with Crippen LogP contribution in [-0.4, -0.2) is 32.5 Å². The molecule has 3 aliphatic rings. The Hall–Kier alpha value is -2.87. The van der Waals surface area contributed by atoms with Gasteiger partial charge in [0, 0.05) is 17.8 Å². The molecule has 2 aliphatic carbocycles. The molecule has 2 saturated carbocycles. The van der Waals surface area contributed by atoms with Crippen molar-refractivity contribution >= 4 is 23.4 Å². The summed E-state index contributed by atoms with van der Waals surface area (Å²) >= 11 is 1.44. The van der Waals surface area contributed by atoms with E-state index in [-0.39, 0.29) is 36.1 Å². The fourth-order valence-electron chi connectivity index (χ4n) is 6.84. The van der Waals surface area contributed by atoms with Crippen LogP contribution in [0.5, 0.6) is 5.75 Å². The Morgan fingerprint density at radius 3 is 2.73 bits per heavy atom. The number of ether oxygens (including phenoxy) is 1. The zero-order chi connectivity index (χ0) is 25.5. The Balaban J connectivity index is 1.22. The summed E-state index contributed by atoms with van der Waals surface area (Å²) in [6, 6.07) is 14.9. The van der Waals surface area contributed by atoms with Gasteiger partial charge in [0.15, 0.2) is 22.5 Å². The monoisotopic (exact) mass is 520 g/mol. The first-order valence-electron chi connectivity index (χ1n) is 13.3. The number of fused-ring (bicyclic) bond motifs is 3. The molecule has 0 N–H and O–H groups in total. The van der Waals surface area contributed by atoms with Crippen LogP contribution in [0, 0.1) is 23.6 Å². The van der Waals surface area contributed by atoms with Crippen molar-refractivity contribution in [1.29, 1.82) is 0 Å². The number of carbonyl (C=O) groups excluding carboxylic acids is 1. The van der Waals surface area contributed by atoms with Crippen molar-refractivity contribution in [1.82, 2.24) is 14.8 Å². The quantitative estimate of drug-likeness (QED) is 0.338. The highest BCUT2D eigenvalue weighted by molar-refractivity contribution is 7.99. The molecule has 8 heteroatoms. The van der Waals surface area contributed by atoms with Gasteiger partial charge in [0.05, 0.1) is 5.75 Å². The number of para-hydroxylation sites is 2. The van der Waals surface area contributed by atoms with Crippen LogP contribution in [0.4, 0.5) is 10.1 Å². The maximum absolute atomic E-state index is 14.2. The van der Waals surface area contributed by atoms with E-state index in [1.807, 2.05) is 23.1 Å². The Kier molecular flexibility index (Phi) is 6.69. The molecule has 37 heavy (non-hydrogen) atoms. The maximum atomic E-state index is 14.2. The van der Waals surface area contributed by atoms with E-state index in [9.17, 15) is 9.18 Å². The fourth-order valence-corrected chi connectivity index (χ4v) is 7.74. The lowest BCUT2D eigenvalue weighted by Gasteiger charge is -2.30. The lowest BCUT2D eigenvalue weighted by Crippen LogP contribution is -2.37. The van der Waals surface area contributed by atoms with Gasteiger partial charge in [-0.15, -0.1) is 10.2 Å². The van der Waals surface area contributed by atoms with Crippen molar-refractivity contribution in [3.63, 3.8) is 0 Å². The summed E-state index contributed by atoms with van der Waals surface area (Å²) in [6.45, 7) is 4.47. The van der Waals surface area contributed by atoms with Crippen LogP contribution in [0.25, 0.3) is 0 Å². The number of amides is 1. The first-order valence-corrected chi connectivity index (χ1v) is 14.3. The molecule has 3 aromatic rings. The van der Waals surface area contributed by atoms with Gasteiger partial charge in [0.1, 0.15) is 6.61 Å². The van der Waals surface area contributed by atoms with E-state index in [0.717, 1.165) is 29.1 Å². The van der Waals surface area contributed by atoms with Crippen molar-refractivity contribution in [2.45, 2.75) is 69.8 Å². The molecule has 1 amide bonds. The summed E-state index contributed by atoms with van der Waals surface area (Å²) in [5.41, 5.74) is 2.23. The minimum atomic E-state index is -0.394. The summed E-state index contributed by atoms with van der Waals surface area (Å²) in [7, 11) is 0. The van der Waals surface area contributed by atoms with E-state index in [0.29, 0.717) is 11.7 Å². The smallest absolute Gasteiger partial charge is 0.237 e. The normalized spacial score (nSPS) is 24.9. The van der Waals surface area contributed by atoms with Crippen LogP contribution >= 0.6 is 11.8 Å². The minimum Gasteiger partial charge on any atom is -0.483 e. The third-order valence-corrected chi connectivity index (χ3v) is 9.48. The van der Waals surface area contributed by atoms with Gasteiger partial charge in [0.2, 0.25) is 5.91 Å². The van der Waals surface area contributed by atoms with Gasteiger partial charge in [0.25, 0.3) is 0 Å². The van der Waals surface area contributed by atoms with Crippen molar-refractivity contribution in [2.75, 3.05) is 10.7 Å². The fraction of sp³-hybridized carbons (Fsp3) is 0.483. The Labute approximate surface area is 221 Å². The predicted molar refractivity (Wildman–Crippen MR) is 142 cm³/mol. The number of carbonyl (C=O) groups is 1. The molecule has 2 heterocycles. The van der Waals surface area contributed by atoms with Gasteiger partial charge in [-0.3, -0.25) is 9.36 Å². The highest BCUT2D eigenvalue weighted by atomic mass is 32.2. The highest BCUT2D eigenvalue weighted by Crippen LogP contribution is 2.52. The number of nitrogens with zero attached hydrogens (tertiary/aromatic N) is 4. The summed E-state index contributed by atoms with van der Waals surface area (Å²) in [4.78, 5) is 15.3. The second kappa shape index (κ2) is 10.1. The lowest BCUT2D eigenvalue weighted by molar-refractivity contribution is -0.116. The zero-order valence-corrected chi connectivity index (χ0v) is 22.2. The predicted octanol–water partition coefficient (Wildman–Crippen LogP) is 6.06. The number of benzene rings is 2. The first kappa shape index (κ1) is 24.5. The van der Waals surface area contributed by atoms with Gasteiger partial charge in [-0.25, -0.2) is 4.39 Å². The van der Waals surface area contributed by atoms with Crippen molar-refractivity contribution in [3.8, 4) is 5.75 Å². The second-order valence-corrected chi connectivity index (χ2v) is 11.7. The number of aromatic nitrogens is 3. The topological polar surface area (TPSA) is 60.3 Å². The number of hydrogen-bond acceptors (Lipinski definition) is 5. The second-order valence-electron chi connectivity index (χ2n) is 10.8. The van der Waals surface area contributed by atoms with Gasteiger partial charge >= 0.3 is 0 Å². The van der Waals surface area contributed by atoms with Crippen LogP contribution in [0.15, 0.2) is 53.7 Å². The molecule has 6 rings (SSSR count). The van der Waals surface area contributed by atoms with Crippen molar-refractivity contribution < 1.29 is 13.9 Å². The molecule has 1 aromatic heterocycles. The zero-order valence-electron chi connectivity index (χ0n) is 21.3. The average molecular weight is 521 g/mol. The largest absolute Gasteiger partial charge is 0.483 e. The van der Waals surface area contributed by atoms with Gasteiger partial charge < -0.3 is 9.64 Å². The molecule has 2 bridgehead atoms. The molecule has 0 unspecified atom stereocenters. The van der Waals surface area contributed by atoms with Gasteiger partial charge in [-0.2, -0.15) is 0 Å².